The highest BCUT2D eigenvalue weighted by molar-refractivity contribution is 5.82. The second kappa shape index (κ2) is 7.13. The normalized spacial score (nSPS) is 47.9. The molecule has 6 heteroatoms. The molecule has 6 nitrogen and oxygen atoms in total. The van der Waals surface area contributed by atoms with E-state index in [1.165, 1.54) is 6.42 Å². The monoisotopic (exact) mass is 415 g/mol. The number of hydrogen-bond donors (Lipinski definition) is 2. The van der Waals surface area contributed by atoms with Gasteiger partial charge in [-0.05, 0) is 99.2 Å². The molecule has 1 aromatic heterocycles. The minimum atomic E-state index is -0.578. The molecule has 4 aliphatic rings. The molecule has 1 aromatic rings. The number of ketones is 1. The van der Waals surface area contributed by atoms with Crippen LogP contribution in [-0.4, -0.2) is 43.2 Å². The number of aliphatic hydroxyl groups is 2. The first kappa shape index (κ1) is 20.6. The molecule has 0 aliphatic heterocycles. The van der Waals surface area contributed by atoms with Crippen LogP contribution in [0, 0.1) is 40.4 Å². The topological polar surface area (TPSA) is 88.2 Å². The van der Waals surface area contributed by atoms with Crippen LogP contribution in [0.1, 0.15) is 71.6 Å². The van der Waals surface area contributed by atoms with Crippen molar-refractivity contribution in [1.29, 1.82) is 0 Å². The third kappa shape index (κ3) is 3.01. The first-order chi connectivity index (χ1) is 14.3. The number of aliphatic hydroxyl groups excluding tert-OH is 1. The van der Waals surface area contributed by atoms with E-state index in [1.807, 2.05) is 6.92 Å². The predicted octanol–water partition coefficient (Wildman–Crippen LogP) is 3.23. The molecule has 0 amide bonds. The Kier molecular flexibility index (Phi) is 4.90. The van der Waals surface area contributed by atoms with Gasteiger partial charge in [-0.2, -0.15) is 0 Å². The number of Topliss-reactive ketones (excluding diaryl/α,β-unsaturated/α-hetero) is 1. The highest BCUT2D eigenvalue weighted by Crippen LogP contribution is 2.68. The van der Waals surface area contributed by atoms with Crippen LogP contribution < -0.4 is 0 Å². The Morgan fingerprint density at radius 3 is 2.67 bits per heavy atom. The van der Waals surface area contributed by atoms with Gasteiger partial charge < -0.3 is 10.2 Å². The van der Waals surface area contributed by atoms with E-state index in [4.69, 9.17) is 0 Å². The summed E-state index contributed by atoms with van der Waals surface area (Å²) in [5.41, 5.74) is -0.524. The third-order valence-corrected chi connectivity index (χ3v) is 10.1. The Bertz CT molecular complexity index is 794. The van der Waals surface area contributed by atoms with Gasteiger partial charge in [-0.1, -0.05) is 12.1 Å². The van der Waals surface area contributed by atoms with Crippen LogP contribution in [0.5, 0.6) is 0 Å². The van der Waals surface area contributed by atoms with Crippen LogP contribution in [0.4, 0.5) is 0 Å². The van der Waals surface area contributed by atoms with Crippen LogP contribution >= 0.6 is 0 Å². The minimum absolute atomic E-state index is 0.0185. The Labute approximate surface area is 179 Å². The molecule has 4 aliphatic carbocycles. The second-order valence-electron chi connectivity index (χ2n) is 11.5. The maximum absolute atomic E-state index is 13.2. The van der Waals surface area contributed by atoms with Crippen molar-refractivity contribution in [2.45, 2.75) is 83.8 Å². The number of carbonyl (C=O) groups excluding carboxylic acids is 1. The van der Waals surface area contributed by atoms with Crippen LogP contribution in [0.25, 0.3) is 0 Å². The van der Waals surface area contributed by atoms with Gasteiger partial charge in [0.15, 0.2) is 5.78 Å². The fraction of sp³-hybridized carbons (Fsp3) is 0.875. The van der Waals surface area contributed by atoms with Crippen molar-refractivity contribution in [2.75, 3.05) is 6.61 Å². The van der Waals surface area contributed by atoms with Crippen molar-refractivity contribution in [2.24, 2.45) is 40.4 Å². The van der Waals surface area contributed by atoms with E-state index in [0.29, 0.717) is 36.0 Å². The fourth-order valence-corrected chi connectivity index (χ4v) is 8.66. The summed E-state index contributed by atoms with van der Waals surface area (Å²) in [7, 11) is 0. The summed E-state index contributed by atoms with van der Waals surface area (Å²) in [5, 5.41) is 29.1. The van der Waals surface area contributed by atoms with Gasteiger partial charge in [0, 0.05) is 18.7 Å². The smallest absolute Gasteiger partial charge is 0.157 e. The largest absolute Gasteiger partial charge is 0.396 e. The van der Waals surface area contributed by atoms with E-state index in [-0.39, 0.29) is 23.4 Å². The standard InChI is InChI=1S/C24H37N3O3/c1-22(30)9-10-24(15-28)16(13-22)3-4-17-18-5-6-20(23(18,2)8-7-19(17)24)21(29)14-27-12-11-25-26-27/h11-12,16-20,28,30H,3-10,13-15H2,1-2H3/t16-,17-,18-,19-,20+,22+,23-,24?/m0/s1. The average molecular weight is 416 g/mol. The first-order valence-corrected chi connectivity index (χ1v) is 12.0. The lowest BCUT2D eigenvalue weighted by Gasteiger charge is -2.62. The number of rotatable bonds is 4. The predicted molar refractivity (Wildman–Crippen MR) is 112 cm³/mol. The molecule has 0 radical (unpaired) electrons. The maximum atomic E-state index is 13.2. The highest BCUT2D eigenvalue weighted by Gasteiger charge is 2.62. The van der Waals surface area contributed by atoms with Gasteiger partial charge in [-0.15, -0.1) is 5.10 Å². The molecule has 4 fully saturated rings. The number of fused-ring (bicyclic) bond motifs is 5. The molecular formula is C24H37N3O3. The molecule has 0 bridgehead atoms. The summed E-state index contributed by atoms with van der Waals surface area (Å²) in [6.45, 7) is 4.93. The maximum Gasteiger partial charge on any atom is 0.157 e. The van der Waals surface area contributed by atoms with Gasteiger partial charge in [0.2, 0.25) is 0 Å². The lowest BCUT2D eigenvalue weighted by atomic mass is 9.43. The molecule has 1 unspecified atom stereocenters. The molecule has 166 valence electrons. The SMILES string of the molecule is C[C@@]1(O)CCC2(CO)[C@@H](CC[C@@H]3[C@@H]2CC[C@]2(C)[C@@H](C(=O)Cn4ccnn4)CC[C@@H]32)C1. The Morgan fingerprint density at radius 2 is 1.93 bits per heavy atom. The summed E-state index contributed by atoms with van der Waals surface area (Å²) >= 11 is 0. The minimum Gasteiger partial charge on any atom is -0.396 e. The van der Waals surface area contributed by atoms with Gasteiger partial charge in [-0.3, -0.25) is 4.79 Å². The van der Waals surface area contributed by atoms with E-state index in [0.717, 1.165) is 51.4 Å². The molecule has 5 rings (SSSR count). The Morgan fingerprint density at radius 1 is 1.10 bits per heavy atom. The van der Waals surface area contributed by atoms with E-state index in [9.17, 15) is 15.0 Å². The summed E-state index contributed by atoms with van der Waals surface area (Å²) in [4.78, 5) is 13.2. The molecule has 30 heavy (non-hydrogen) atoms. The molecule has 1 heterocycles. The summed E-state index contributed by atoms with van der Waals surface area (Å²) < 4.78 is 1.66. The second-order valence-corrected chi connectivity index (χ2v) is 11.5. The van der Waals surface area contributed by atoms with Crippen molar-refractivity contribution in [3.05, 3.63) is 12.4 Å². The van der Waals surface area contributed by atoms with Gasteiger partial charge in [0.25, 0.3) is 0 Å². The molecule has 8 atom stereocenters. The zero-order valence-electron chi connectivity index (χ0n) is 18.5. The third-order valence-electron chi connectivity index (χ3n) is 10.1. The summed E-state index contributed by atoms with van der Waals surface area (Å²) in [6, 6.07) is 0. The van der Waals surface area contributed by atoms with Gasteiger partial charge in [0.1, 0.15) is 6.54 Å². The number of aromatic nitrogens is 3. The van der Waals surface area contributed by atoms with E-state index in [2.05, 4.69) is 17.2 Å². The van der Waals surface area contributed by atoms with Gasteiger partial charge in [0.05, 0.1) is 11.8 Å². The number of nitrogens with zero attached hydrogens (tertiary/aromatic N) is 3. The zero-order valence-corrected chi connectivity index (χ0v) is 18.5. The van der Waals surface area contributed by atoms with Gasteiger partial charge >= 0.3 is 0 Å². The molecule has 0 aromatic carbocycles. The quantitative estimate of drug-likeness (QED) is 0.788. The molecule has 0 spiro atoms. The van der Waals surface area contributed by atoms with Crippen LogP contribution in [0.15, 0.2) is 12.4 Å². The van der Waals surface area contributed by atoms with Crippen LogP contribution in [-0.2, 0) is 11.3 Å². The van der Waals surface area contributed by atoms with Crippen molar-refractivity contribution < 1.29 is 15.0 Å². The molecule has 4 saturated carbocycles. The zero-order chi connectivity index (χ0) is 21.1. The summed E-state index contributed by atoms with van der Waals surface area (Å²) in [5.74, 6) is 2.58. The van der Waals surface area contributed by atoms with E-state index < -0.39 is 5.60 Å². The van der Waals surface area contributed by atoms with Crippen molar-refractivity contribution in [3.8, 4) is 0 Å². The number of carbonyl (C=O) groups is 1. The van der Waals surface area contributed by atoms with E-state index in [1.54, 1.807) is 17.1 Å². The lowest BCUT2D eigenvalue weighted by Crippen LogP contribution is -2.58. The molecule has 2 N–H and O–H groups in total. The molecule has 0 saturated heterocycles. The van der Waals surface area contributed by atoms with Gasteiger partial charge in [-0.25, -0.2) is 4.68 Å². The van der Waals surface area contributed by atoms with Crippen molar-refractivity contribution in [1.82, 2.24) is 15.0 Å². The van der Waals surface area contributed by atoms with Crippen molar-refractivity contribution in [3.63, 3.8) is 0 Å². The summed E-state index contributed by atoms with van der Waals surface area (Å²) in [6.07, 6.45) is 12.6. The van der Waals surface area contributed by atoms with Crippen molar-refractivity contribution >= 4 is 5.78 Å². The Hall–Kier alpha value is -1.27. The first-order valence-electron chi connectivity index (χ1n) is 12.0. The van der Waals surface area contributed by atoms with E-state index >= 15 is 0 Å². The molecular weight excluding hydrogens is 378 g/mol. The average Bonchev–Trinajstić information content (AvgIpc) is 3.34. The number of hydrogen-bond acceptors (Lipinski definition) is 5. The lowest BCUT2D eigenvalue weighted by molar-refractivity contribution is -0.171. The Balaban J connectivity index is 1.38. The highest BCUT2D eigenvalue weighted by atomic mass is 16.3. The fourth-order valence-electron chi connectivity index (χ4n) is 8.66. The van der Waals surface area contributed by atoms with Crippen LogP contribution in [0.2, 0.25) is 0 Å². The van der Waals surface area contributed by atoms with Crippen LogP contribution in [0.3, 0.4) is 0 Å².